The third kappa shape index (κ3) is 3.14. The molecule has 0 spiro atoms. The molecule has 0 radical (unpaired) electrons. The lowest BCUT2D eigenvalue weighted by atomic mass is 9.86. The van der Waals surface area contributed by atoms with Crippen LogP contribution in [0.2, 0.25) is 0 Å². The molecule has 3 rings (SSSR count). The zero-order valence-electron chi connectivity index (χ0n) is 14.0. The molecule has 118 valence electrons. The van der Waals surface area contributed by atoms with E-state index in [1.54, 1.807) is 0 Å². The molecule has 0 fully saturated rings. The van der Waals surface area contributed by atoms with E-state index in [0.29, 0.717) is 5.75 Å². The number of ether oxygens (including phenoxy) is 1. The van der Waals surface area contributed by atoms with Gasteiger partial charge in [0.05, 0.1) is 11.9 Å². The second-order valence-electron chi connectivity index (χ2n) is 6.80. The van der Waals surface area contributed by atoms with Gasteiger partial charge in [0.2, 0.25) is 0 Å². The first-order chi connectivity index (χ1) is 10.8. The van der Waals surface area contributed by atoms with Gasteiger partial charge in [0.1, 0.15) is 5.75 Å². The number of carbonyl (C=O) groups is 1. The Kier molecular flexibility index (Phi) is 3.72. The Morgan fingerprint density at radius 2 is 1.74 bits per heavy atom. The average Bonchev–Trinajstić information content (AvgIpc) is 2.87. The van der Waals surface area contributed by atoms with Gasteiger partial charge in [0.15, 0.2) is 0 Å². The molecule has 0 amide bonds. The number of aromatic nitrogens is 1. The Bertz CT molecular complexity index is 851. The third-order valence-corrected chi connectivity index (χ3v) is 3.91. The second kappa shape index (κ2) is 5.58. The van der Waals surface area contributed by atoms with Crippen LogP contribution in [0.15, 0.2) is 54.7 Å². The van der Waals surface area contributed by atoms with E-state index in [1.165, 1.54) is 12.5 Å². The fraction of sp³-hybridized carbons (Fsp3) is 0.250. The Morgan fingerprint density at radius 3 is 2.35 bits per heavy atom. The van der Waals surface area contributed by atoms with Gasteiger partial charge in [-0.2, -0.15) is 0 Å². The van der Waals surface area contributed by atoms with Crippen LogP contribution in [0.1, 0.15) is 33.3 Å². The van der Waals surface area contributed by atoms with Gasteiger partial charge in [-0.25, -0.2) is 0 Å². The Morgan fingerprint density at radius 1 is 1.04 bits per heavy atom. The van der Waals surface area contributed by atoms with Gasteiger partial charge < -0.3 is 9.14 Å². The van der Waals surface area contributed by atoms with E-state index in [0.717, 1.165) is 16.8 Å². The van der Waals surface area contributed by atoms with Gasteiger partial charge in [0, 0.05) is 18.5 Å². The smallest absolute Gasteiger partial charge is 0.308 e. The molecule has 3 aromatic rings. The predicted molar refractivity (Wildman–Crippen MR) is 92.8 cm³/mol. The normalized spacial score (nSPS) is 11.7. The minimum atomic E-state index is -0.308. The fourth-order valence-electron chi connectivity index (χ4n) is 2.71. The number of nitrogens with zero attached hydrogens (tertiary/aromatic N) is 1. The van der Waals surface area contributed by atoms with E-state index in [-0.39, 0.29) is 11.4 Å². The van der Waals surface area contributed by atoms with Crippen LogP contribution in [0.25, 0.3) is 16.8 Å². The highest BCUT2D eigenvalue weighted by atomic mass is 16.5. The molecular formula is C20H21NO2. The van der Waals surface area contributed by atoms with Crippen LogP contribution < -0.4 is 4.74 Å². The molecule has 0 N–H and O–H groups in total. The lowest BCUT2D eigenvalue weighted by molar-refractivity contribution is -0.131. The molecule has 2 aromatic heterocycles. The number of benzene rings is 1. The zero-order chi connectivity index (χ0) is 16.6. The molecule has 0 aliphatic heterocycles. The van der Waals surface area contributed by atoms with Crippen molar-refractivity contribution in [3.05, 3.63) is 60.3 Å². The highest BCUT2D eigenvalue weighted by molar-refractivity contribution is 5.72. The second-order valence-corrected chi connectivity index (χ2v) is 6.80. The van der Waals surface area contributed by atoms with Gasteiger partial charge in [-0.1, -0.05) is 51.1 Å². The van der Waals surface area contributed by atoms with Crippen LogP contribution in [0.3, 0.4) is 0 Å². The van der Waals surface area contributed by atoms with Crippen LogP contribution in [-0.4, -0.2) is 10.4 Å². The summed E-state index contributed by atoms with van der Waals surface area (Å²) in [5.41, 5.74) is 4.65. The van der Waals surface area contributed by atoms with Gasteiger partial charge >= 0.3 is 5.97 Å². The zero-order valence-corrected chi connectivity index (χ0v) is 14.0. The maximum Gasteiger partial charge on any atom is 0.308 e. The van der Waals surface area contributed by atoms with E-state index >= 15 is 0 Å². The Hall–Kier alpha value is -2.55. The molecule has 3 nitrogen and oxygen atoms in total. The summed E-state index contributed by atoms with van der Waals surface area (Å²) in [6.07, 6.45) is 1.85. The maximum absolute atomic E-state index is 11.1. The first-order valence-corrected chi connectivity index (χ1v) is 7.75. The molecule has 0 saturated carbocycles. The lowest BCUT2D eigenvalue weighted by Gasteiger charge is -2.19. The standard InChI is InChI=1S/C20H21NO2/c1-14(22)23-18-12-17-6-5-7-19(21(17)13-18)15-8-10-16(11-9-15)20(2,3)4/h5-13H,1-4H3. The fourth-order valence-corrected chi connectivity index (χ4v) is 2.71. The first-order valence-electron chi connectivity index (χ1n) is 7.75. The largest absolute Gasteiger partial charge is 0.425 e. The third-order valence-electron chi connectivity index (χ3n) is 3.91. The number of pyridine rings is 1. The topological polar surface area (TPSA) is 30.7 Å². The van der Waals surface area contributed by atoms with E-state index in [2.05, 4.69) is 51.1 Å². The van der Waals surface area contributed by atoms with Crippen LogP contribution >= 0.6 is 0 Å². The summed E-state index contributed by atoms with van der Waals surface area (Å²) in [4.78, 5) is 11.1. The van der Waals surface area contributed by atoms with Crippen molar-refractivity contribution in [3.8, 4) is 17.0 Å². The summed E-state index contributed by atoms with van der Waals surface area (Å²) in [7, 11) is 0. The molecule has 23 heavy (non-hydrogen) atoms. The molecule has 3 heteroatoms. The van der Waals surface area contributed by atoms with Gasteiger partial charge in [0.25, 0.3) is 0 Å². The number of rotatable bonds is 2. The molecule has 2 heterocycles. The Labute approximate surface area is 136 Å². The van der Waals surface area contributed by atoms with Crippen LogP contribution in [0, 0.1) is 0 Å². The van der Waals surface area contributed by atoms with Gasteiger partial charge in [-0.05, 0) is 28.7 Å². The average molecular weight is 307 g/mol. The number of hydrogen-bond acceptors (Lipinski definition) is 2. The van der Waals surface area contributed by atoms with Gasteiger partial charge in [-0.15, -0.1) is 0 Å². The summed E-state index contributed by atoms with van der Waals surface area (Å²) < 4.78 is 7.24. The molecular weight excluding hydrogens is 286 g/mol. The van der Waals surface area contributed by atoms with Crippen molar-refractivity contribution in [2.24, 2.45) is 0 Å². The van der Waals surface area contributed by atoms with Crippen molar-refractivity contribution in [1.82, 2.24) is 4.40 Å². The van der Waals surface area contributed by atoms with E-state index in [4.69, 9.17) is 4.74 Å². The van der Waals surface area contributed by atoms with E-state index in [9.17, 15) is 4.79 Å². The summed E-state index contributed by atoms with van der Waals surface area (Å²) in [6, 6.07) is 16.6. The van der Waals surface area contributed by atoms with E-state index < -0.39 is 0 Å². The van der Waals surface area contributed by atoms with Gasteiger partial charge in [-0.3, -0.25) is 4.79 Å². The minimum absolute atomic E-state index is 0.139. The summed E-state index contributed by atoms with van der Waals surface area (Å²) >= 11 is 0. The highest BCUT2D eigenvalue weighted by Gasteiger charge is 2.14. The lowest BCUT2D eigenvalue weighted by Crippen LogP contribution is -2.10. The van der Waals surface area contributed by atoms with Crippen molar-refractivity contribution >= 4 is 11.5 Å². The molecule has 0 unspecified atom stereocenters. The molecule has 0 saturated heterocycles. The maximum atomic E-state index is 11.1. The van der Waals surface area contributed by atoms with Crippen molar-refractivity contribution in [2.45, 2.75) is 33.1 Å². The van der Waals surface area contributed by atoms with Crippen molar-refractivity contribution in [2.75, 3.05) is 0 Å². The number of hydrogen-bond donors (Lipinski definition) is 0. The monoisotopic (exact) mass is 307 g/mol. The summed E-state index contributed by atoms with van der Waals surface area (Å²) in [6.45, 7) is 8.04. The summed E-state index contributed by atoms with van der Waals surface area (Å²) in [5, 5.41) is 0. The van der Waals surface area contributed by atoms with Crippen molar-refractivity contribution < 1.29 is 9.53 Å². The SMILES string of the molecule is CC(=O)Oc1cc2cccc(-c3ccc(C(C)(C)C)cc3)n2c1. The molecule has 0 aliphatic carbocycles. The van der Waals surface area contributed by atoms with Crippen molar-refractivity contribution in [3.63, 3.8) is 0 Å². The quantitative estimate of drug-likeness (QED) is 0.635. The number of esters is 1. The van der Waals surface area contributed by atoms with Crippen LogP contribution in [0.5, 0.6) is 5.75 Å². The van der Waals surface area contributed by atoms with Crippen molar-refractivity contribution in [1.29, 1.82) is 0 Å². The summed E-state index contributed by atoms with van der Waals surface area (Å²) in [5.74, 6) is 0.258. The number of fused-ring (bicyclic) bond motifs is 1. The molecule has 0 bridgehead atoms. The molecule has 0 atom stereocenters. The number of carbonyl (C=O) groups excluding carboxylic acids is 1. The van der Waals surface area contributed by atoms with E-state index in [1.807, 2.05) is 28.8 Å². The van der Waals surface area contributed by atoms with Crippen LogP contribution in [0.4, 0.5) is 0 Å². The minimum Gasteiger partial charge on any atom is -0.425 e. The molecule has 0 aliphatic rings. The predicted octanol–water partition coefficient (Wildman–Crippen LogP) is 4.83. The highest BCUT2D eigenvalue weighted by Crippen LogP contribution is 2.28. The van der Waals surface area contributed by atoms with Crippen LogP contribution in [-0.2, 0) is 10.2 Å². The Balaban J connectivity index is 2.05. The first kappa shape index (κ1) is 15.3. The molecule has 1 aromatic carbocycles.